The van der Waals surface area contributed by atoms with E-state index in [2.05, 4.69) is 125 Å². The second-order valence-corrected chi connectivity index (χ2v) is 14.0. The average molecular weight is 441 g/mol. The highest BCUT2D eigenvalue weighted by molar-refractivity contribution is 5.81. The molecule has 0 radical (unpaired) electrons. The van der Waals surface area contributed by atoms with Crippen LogP contribution in [-0.4, -0.2) is 0 Å². The molecule has 0 fully saturated rings. The lowest BCUT2D eigenvalue weighted by molar-refractivity contribution is 0.419. The van der Waals surface area contributed by atoms with Gasteiger partial charge in [0.2, 0.25) is 0 Å². The van der Waals surface area contributed by atoms with Gasteiger partial charge in [-0.2, -0.15) is 0 Å². The SMILES string of the molecule is CC(C)(C)C1=CC(C(C)(C)c2c3c(cc(C(C)(C)C)c2C(C)(C)C)-c2ccccc2C3)C=C1. The van der Waals surface area contributed by atoms with Gasteiger partial charge in [-0.1, -0.05) is 125 Å². The summed E-state index contributed by atoms with van der Waals surface area (Å²) in [6.07, 6.45) is 8.44. The van der Waals surface area contributed by atoms with Crippen molar-refractivity contribution in [3.05, 3.63) is 82.0 Å². The smallest absolute Gasteiger partial charge is 0.00477 e. The van der Waals surface area contributed by atoms with Crippen LogP contribution in [0, 0.1) is 11.3 Å². The van der Waals surface area contributed by atoms with Gasteiger partial charge in [-0.05, 0) is 67.2 Å². The minimum absolute atomic E-state index is 0.000497. The van der Waals surface area contributed by atoms with E-state index in [0.717, 1.165) is 6.42 Å². The fourth-order valence-electron chi connectivity index (χ4n) is 5.98. The Labute approximate surface area is 203 Å². The van der Waals surface area contributed by atoms with E-state index < -0.39 is 0 Å². The third-order valence-electron chi connectivity index (χ3n) is 7.85. The second-order valence-electron chi connectivity index (χ2n) is 14.0. The summed E-state index contributed by atoms with van der Waals surface area (Å²) in [6, 6.07) is 11.6. The summed E-state index contributed by atoms with van der Waals surface area (Å²) < 4.78 is 0. The standard InChI is InChI=1S/C33H44/c1-30(2,3)22-16-17-23(19-22)33(10,11)28-26-18-21-14-12-13-15-24(21)25(26)20-27(31(4,5)6)29(28)32(7,8)9/h12-17,19-20,23H,18H2,1-11H3. The quantitative estimate of drug-likeness (QED) is 0.372. The van der Waals surface area contributed by atoms with Crippen molar-refractivity contribution in [1.82, 2.24) is 0 Å². The molecular weight excluding hydrogens is 396 g/mol. The first-order chi connectivity index (χ1) is 15.0. The molecule has 0 aromatic heterocycles. The minimum Gasteiger partial charge on any atom is -0.0764 e. The summed E-state index contributed by atoms with van der Waals surface area (Å²) in [7, 11) is 0. The largest absolute Gasteiger partial charge is 0.0764 e. The molecule has 2 aliphatic rings. The van der Waals surface area contributed by atoms with Crippen molar-refractivity contribution in [3.63, 3.8) is 0 Å². The lowest BCUT2D eigenvalue weighted by atomic mass is 9.62. The zero-order valence-electron chi connectivity index (χ0n) is 22.9. The number of allylic oxidation sites excluding steroid dienone is 4. The average Bonchev–Trinajstić information content (AvgIpc) is 3.30. The second kappa shape index (κ2) is 7.46. The van der Waals surface area contributed by atoms with Crippen molar-refractivity contribution in [2.45, 2.75) is 98.8 Å². The van der Waals surface area contributed by atoms with Crippen molar-refractivity contribution < 1.29 is 0 Å². The van der Waals surface area contributed by atoms with Crippen molar-refractivity contribution in [2.75, 3.05) is 0 Å². The summed E-state index contributed by atoms with van der Waals surface area (Å²) in [5.74, 6) is 0.399. The van der Waals surface area contributed by atoms with Gasteiger partial charge < -0.3 is 0 Å². The first-order valence-corrected chi connectivity index (χ1v) is 12.7. The van der Waals surface area contributed by atoms with Gasteiger partial charge in [0.05, 0.1) is 0 Å². The molecule has 2 aromatic carbocycles. The number of benzene rings is 2. The molecule has 0 N–H and O–H groups in total. The van der Waals surface area contributed by atoms with Crippen LogP contribution < -0.4 is 0 Å². The predicted octanol–water partition coefficient (Wildman–Crippen LogP) is 9.29. The molecule has 4 rings (SSSR count). The number of fused-ring (bicyclic) bond motifs is 3. The molecule has 0 spiro atoms. The van der Waals surface area contributed by atoms with Crippen LogP contribution in [0.1, 0.15) is 104 Å². The van der Waals surface area contributed by atoms with Crippen LogP contribution in [0.5, 0.6) is 0 Å². The summed E-state index contributed by atoms with van der Waals surface area (Å²) in [5.41, 5.74) is 12.4. The van der Waals surface area contributed by atoms with E-state index in [1.807, 2.05) is 0 Å². The van der Waals surface area contributed by atoms with Crippen LogP contribution in [0.15, 0.2) is 54.1 Å². The molecule has 0 heteroatoms. The highest BCUT2D eigenvalue weighted by Crippen LogP contribution is 2.52. The molecule has 33 heavy (non-hydrogen) atoms. The predicted molar refractivity (Wildman–Crippen MR) is 145 cm³/mol. The van der Waals surface area contributed by atoms with Crippen molar-refractivity contribution in [1.29, 1.82) is 0 Å². The number of hydrogen-bond donors (Lipinski definition) is 0. The Balaban J connectivity index is 2.06. The molecule has 0 heterocycles. The Morgan fingerprint density at radius 2 is 1.33 bits per heavy atom. The van der Waals surface area contributed by atoms with E-state index in [1.165, 1.54) is 27.8 Å². The van der Waals surface area contributed by atoms with Crippen LogP contribution >= 0.6 is 0 Å². The van der Waals surface area contributed by atoms with Gasteiger partial charge in [-0.15, -0.1) is 0 Å². The maximum Gasteiger partial charge on any atom is 0.00477 e. The monoisotopic (exact) mass is 440 g/mol. The molecule has 0 saturated carbocycles. The summed E-state index contributed by atoms with van der Waals surface area (Å²) in [5, 5.41) is 0. The fourth-order valence-corrected chi connectivity index (χ4v) is 5.98. The summed E-state index contributed by atoms with van der Waals surface area (Å²) in [6.45, 7) is 26.3. The van der Waals surface area contributed by atoms with Gasteiger partial charge in [0, 0.05) is 11.3 Å². The molecule has 1 atom stereocenters. The third-order valence-corrected chi connectivity index (χ3v) is 7.85. The molecule has 1 unspecified atom stereocenters. The minimum atomic E-state index is -0.000497. The molecule has 0 saturated heterocycles. The summed E-state index contributed by atoms with van der Waals surface area (Å²) in [4.78, 5) is 0. The van der Waals surface area contributed by atoms with E-state index in [4.69, 9.17) is 0 Å². The molecule has 0 aliphatic heterocycles. The number of hydrogen-bond acceptors (Lipinski definition) is 0. The van der Waals surface area contributed by atoms with Crippen LogP contribution in [0.3, 0.4) is 0 Å². The molecule has 2 aliphatic carbocycles. The topological polar surface area (TPSA) is 0 Å². The third kappa shape index (κ3) is 4.05. The maximum absolute atomic E-state index is 2.55. The van der Waals surface area contributed by atoms with Gasteiger partial charge in [0.1, 0.15) is 0 Å². The number of rotatable bonds is 2. The van der Waals surface area contributed by atoms with E-state index >= 15 is 0 Å². The molecule has 0 amide bonds. The van der Waals surface area contributed by atoms with Crippen molar-refractivity contribution in [2.24, 2.45) is 11.3 Å². The first kappa shape index (κ1) is 24.1. The maximum atomic E-state index is 2.55. The zero-order chi connectivity index (χ0) is 24.6. The van der Waals surface area contributed by atoms with E-state index in [-0.39, 0.29) is 21.7 Å². The van der Waals surface area contributed by atoms with Gasteiger partial charge in [0.25, 0.3) is 0 Å². The van der Waals surface area contributed by atoms with E-state index in [1.54, 1.807) is 16.7 Å². The van der Waals surface area contributed by atoms with Gasteiger partial charge >= 0.3 is 0 Å². The highest BCUT2D eigenvalue weighted by atomic mass is 14.5. The Morgan fingerprint density at radius 1 is 0.697 bits per heavy atom. The van der Waals surface area contributed by atoms with Crippen LogP contribution in [-0.2, 0) is 22.7 Å². The van der Waals surface area contributed by atoms with Gasteiger partial charge in [0.15, 0.2) is 0 Å². The normalized spacial score (nSPS) is 18.4. The van der Waals surface area contributed by atoms with Gasteiger partial charge in [-0.25, -0.2) is 0 Å². The van der Waals surface area contributed by atoms with Crippen LogP contribution in [0.4, 0.5) is 0 Å². The lowest BCUT2D eigenvalue weighted by Gasteiger charge is -2.41. The Morgan fingerprint density at radius 3 is 1.88 bits per heavy atom. The zero-order valence-corrected chi connectivity index (χ0v) is 22.9. The highest BCUT2D eigenvalue weighted by Gasteiger charge is 2.42. The molecular formula is C33H44. The van der Waals surface area contributed by atoms with Gasteiger partial charge in [-0.3, -0.25) is 0 Å². The van der Waals surface area contributed by atoms with E-state index in [9.17, 15) is 0 Å². The molecule has 0 nitrogen and oxygen atoms in total. The Hall–Kier alpha value is -2.08. The molecule has 0 bridgehead atoms. The van der Waals surface area contributed by atoms with Crippen LogP contribution in [0.2, 0.25) is 0 Å². The van der Waals surface area contributed by atoms with E-state index in [0.29, 0.717) is 5.92 Å². The fraction of sp³-hybridized carbons (Fsp3) is 0.515. The van der Waals surface area contributed by atoms with Crippen molar-refractivity contribution in [3.8, 4) is 11.1 Å². The Bertz CT molecular complexity index is 1140. The molecule has 2 aromatic rings. The van der Waals surface area contributed by atoms with Crippen LogP contribution in [0.25, 0.3) is 11.1 Å². The molecule has 176 valence electrons. The van der Waals surface area contributed by atoms with Crippen molar-refractivity contribution >= 4 is 0 Å². The Kier molecular flexibility index (Phi) is 5.44. The lowest BCUT2D eigenvalue weighted by Crippen LogP contribution is -2.34. The summed E-state index contributed by atoms with van der Waals surface area (Å²) >= 11 is 0. The first-order valence-electron chi connectivity index (χ1n) is 12.7.